The van der Waals surface area contributed by atoms with Crippen LogP contribution in [0.1, 0.15) is 44.2 Å². The van der Waals surface area contributed by atoms with E-state index in [9.17, 15) is 4.39 Å². The first kappa shape index (κ1) is 12.8. The predicted octanol–water partition coefficient (Wildman–Crippen LogP) is 3.93. The number of benzene rings is 1. The van der Waals surface area contributed by atoms with Crippen molar-refractivity contribution in [3.05, 3.63) is 34.3 Å². The Morgan fingerprint density at radius 1 is 1.41 bits per heavy atom. The second kappa shape index (κ2) is 4.25. The summed E-state index contributed by atoms with van der Waals surface area (Å²) in [4.78, 5) is 0. The van der Waals surface area contributed by atoms with Crippen LogP contribution in [0.3, 0.4) is 0 Å². The number of hydrogen-bond donors (Lipinski definition) is 1. The average molecular weight is 256 g/mol. The molecule has 0 saturated heterocycles. The van der Waals surface area contributed by atoms with E-state index in [0.29, 0.717) is 17.1 Å². The molecule has 1 aromatic carbocycles. The summed E-state index contributed by atoms with van der Waals surface area (Å²) in [6, 6.07) is 5.63. The Kier molecular flexibility index (Phi) is 3.21. The summed E-state index contributed by atoms with van der Waals surface area (Å²) in [6.07, 6.45) is 3.23. The van der Waals surface area contributed by atoms with Crippen LogP contribution in [0.4, 0.5) is 4.39 Å². The van der Waals surface area contributed by atoms with Gasteiger partial charge in [-0.1, -0.05) is 30.2 Å². The van der Waals surface area contributed by atoms with Crippen LogP contribution in [0.15, 0.2) is 18.2 Å². The fourth-order valence-electron chi connectivity index (χ4n) is 2.76. The smallest absolute Gasteiger partial charge is 0.132 e. The Morgan fingerprint density at radius 3 is 2.47 bits per heavy atom. The number of alkyl halides is 1. The zero-order valence-electron chi connectivity index (χ0n) is 10.4. The molecule has 2 N–H and O–H groups in total. The fraction of sp³-hybridized carbons (Fsp3) is 0.571. The van der Waals surface area contributed by atoms with Crippen LogP contribution in [0.25, 0.3) is 0 Å². The second-order valence-corrected chi connectivity index (χ2v) is 5.88. The first-order valence-corrected chi connectivity index (χ1v) is 6.47. The van der Waals surface area contributed by atoms with Gasteiger partial charge in [0.25, 0.3) is 0 Å². The Bertz CT molecular complexity index is 413. The summed E-state index contributed by atoms with van der Waals surface area (Å²) >= 11 is 6.18. The first-order chi connectivity index (χ1) is 7.91. The molecule has 94 valence electrons. The molecule has 0 radical (unpaired) electrons. The number of rotatable bonds is 3. The van der Waals surface area contributed by atoms with Crippen molar-refractivity contribution < 1.29 is 4.39 Å². The highest BCUT2D eigenvalue weighted by molar-refractivity contribution is 6.31. The van der Waals surface area contributed by atoms with Gasteiger partial charge in [-0.2, -0.15) is 0 Å². The van der Waals surface area contributed by atoms with Gasteiger partial charge in [0, 0.05) is 22.5 Å². The molecule has 0 bridgehead atoms. The van der Waals surface area contributed by atoms with Crippen molar-refractivity contribution in [3.8, 4) is 0 Å². The van der Waals surface area contributed by atoms with E-state index < -0.39 is 5.67 Å². The van der Waals surface area contributed by atoms with Crippen molar-refractivity contribution in [1.82, 2.24) is 0 Å². The molecule has 0 unspecified atom stereocenters. The summed E-state index contributed by atoms with van der Waals surface area (Å²) in [7, 11) is 0. The number of hydrogen-bond acceptors (Lipinski definition) is 1. The van der Waals surface area contributed by atoms with Crippen molar-refractivity contribution in [1.29, 1.82) is 0 Å². The molecule has 0 heterocycles. The minimum atomic E-state index is -1.43. The molecule has 0 aliphatic heterocycles. The average Bonchev–Trinajstić information content (AvgIpc) is 2.14. The molecule has 1 aliphatic rings. The highest BCUT2D eigenvalue weighted by Gasteiger charge is 2.41. The van der Waals surface area contributed by atoms with Crippen molar-refractivity contribution in [3.63, 3.8) is 0 Å². The lowest BCUT2D eigenvalue weighted by molar-refractivity contribution is 0.201. The summed E-state index contributed by atoms with van der Waals surface area (Å²) < 4.78 is 14.3. The van der Waals surface area contributed by atoms with E-state index >= 15 is 0 Å². The Hall–Kier alpha value is -0.600. The van der Waals surface area contributed by atoms with E-state index in [4.69, 9.17) is 17.3 Å². The Labute approximate surface area is 107 Å². The molecule has 0 atom stereocenters. The molecule has 0 aromatic heterocycles. The topological polar surface area (TPSA) is 26.0 Å². The molecule has 3 heteroatoms. The highest BCUT2D eigenvalue weighted by Crippen LogP contribution is 2.48. The third-order valence-electron chi connectivity index (χ3n) is 3.88. The van der Waals surface area contributed by atoms with Gasteiger partial charge in [-0.15, -0.1) is 0 Å². The van der Waals surface area contributed by atoms with Crippen LogP contribution in [-0.2, 0) is 11.1 Å². The van der Waals surface area contributed by atoms with E-state index in [1.165, 1.54) is 0 Å². The summed E-state index contributed by atoms with van der Waals surface area (Å²) in [5.41, 5.74) is 6.04. The van der Waals surface area contributed by atoms with Gasteiger partial charge in [-0.25, -0.2) is 4.39 Å². The molecule has 1 aliphatic carbocycles. The maximum atomic E-state index is 14.3. The maximum absolute atomic E-state index is 14.3. The van der Waals surface area contributed by atoms with Crippen LogP contribution < -0.4 is 5.73 Å². The molecule has 1 saturated carbocycles. The molecule has 1 nitrogen and oxygen atoms in total. The molecule has 17 heavy (non-hydrogen) atoms. The lowest BCUT2D eigenvalue weighted by Crippen LogP contribution is -2.43. The van der Waals surface area contributed by atoms with Crippen LogP contribution in [0.2, 0.25) is 5.02 Å². The molecular weight excluding hydrogens is 237 g/mol. The Morgan fingerprint density at radius 2 is 2.06 bits per heavy atom. The van der Waals surface area contributed by atoms with Gasteiger partial charge in [-0.3, -0.25) is 0 Å². The van der Waals surface area contributed by atoms with Crippen LogP contribution in [-0.4, -0.2) is 6.54 Å². The van der Waals surface area contributed by atoms with Gasteiger partial charge < -0.3 is 5.73 Å². The van der Waals surface area contributed by atoms with Crippen molar-refractivity contribution in [2.75, 3.05) is 6.54 Å². The maximum Gasteiger partial charge on any atom is 0.132 e. The molecule has 2 rings (SSSR count). The highest BCUT2D eigenvalue weighted by atomic mass is 35.5. The standard InChI is InChI=1S/C14H19ClFN/c1-13(2,16)12-10(5-3-6-11(12)15)14(9-17)7-4-8-14/h3,5-6H,4,7-9,17H2,1-2H3. The van der Waals surface area contributed by atoms with E-state index in [2.05, 4.69) is 0 Å². The van der Waals surface area contributed by atoms with Gasteiger partial charge in [0.1, 0.15) is 5.67 Å². The summed E-state index contributed by atoms with van der Waals surface area (Å²) in [6.45, 7) is 3.68. The number of halogens is 2. The lowest BCUT2D eigenvalue weighted by Gasteiger charge is -2.44. The van der Waals surface area contributed by atoms with Crippen LogP contribution >= 0.6 is 11.6 Å². The Balaban J connectivity index is 2.58. The minimum absolute atomic E-state index is 0.0520. The van der Waals surface area contributed by atoms with E-state index in [1.807, 2.05) is 12.1 Å². The van der Waals surface area contributed by atoms with E-state index in [0.717, 1.165) is 24.8 Å². The molecular formula is C14H19ClFN. The van der Waals surface area contributed by atoms with Crippen molar-refractivity contribution >= 4 is 11.6 Å². The summed E-state index contributed by atoms with van der Waals surface area (Å²) in [5, 5.41) is 0.509. The third kappa shape index (κ3) is 2.09. The monoisotopic (exact) mass is 255 g/mol. The van der Waals surface area contributed by atoms with Crippen molar-refractivity contribution in [2.24, 2.45) is 5.73 Å². The minimum Gasteiger partial charge on any atom is -0.330 e. The number of nitrogens with two attached hydrogens (primary N) is 1. The van der Waals surface area contributed by atoms with Crippen molar-refractivity contribution in [2.45, 2.75) is 44.2 Å². The van der Waals surface area contributed by atoms with Gasteiger partial charge in [0.15, 0.2) is 0 Å². The lowest BCUT2D eigenvalue weighted by atomic mass is 9.62. The van der Waals surface area contributed by atoms with Gasteiger partial charge in [0.05, 0.1) is 0 Å². The quantitative estimate of drug-likeness (QED) is 0.870. The van der Waals surface area contributed by atoms with Crippen LogP contribution in [0, 0.1) is 0 Å². The molecule has 0 amide bonds. The normalized spacial score (nSPS) is 18.9. The zero-order valence-corrected chi connectivity index (χ0v) is 11.1. The van der Waals surface area contributed by atoms with Crippen LogP contribution in [0.5, 0.6) is 0 Å². The SMILES string of the molecule is CC(C)(F)c1c(Cl)cccc1C1(CN)CCC1. The fourth-order valence-corrected chi connectivity index (χ4v) is 3.16. The van der Waals surface area contributed by atoms with Gasteiger partial charge in [0.2, 0.25) is 0 Å². The van der Waals surface area contributed by atoms with E-state index in [-0.39, 0.29) is 5.41 Å². The largest absolute Gasteiger partial charge is 0.330 e. The van der Waals surface area contributed by atoms with Gasteiger partial charge >= 0.3 is 0 Å². The third-order valence-corrected chi connectivity index (χ3v) is 4.20. The summed E-state index contributed by atoms with van der Waals surface area (Å²) in [5.74, 6) is 0. The molecule has 1 aromatic rings. The predicted molar refractivity (Wildman–Crippen MR) is 70.2 cm³/mol. The molecule has 1 fully saturated rings. The van der Waals surface area contributed by atoms with E-state index in [1.54, 1.807) is 19.9 Å². The van der Waals surface area contributed by atoms with Gasteiger partial charge in [-0.05, 0) is 38.3 Å². The molecule has 0 spiro atoms. The second-order valence-electron chi connectivity index (χ2n) is 5.47. The first-order valence-electron chi connectivity index (χ1n) is 6.09. The zero-order chi connectivity index (χ0) is 12.7.